The number of aromatic nitrogens is 2. The molecule has 1 aromatic rings. The van der Waals surface area contributed by atoms with Crippen LogP contribution in [0.1, 0.15) is 18.7 Å². The highest BCUT2D eigenvalue weighted by Gasteiger charge is 2.43. The van der Waals surface area contributed by atoms with E-state index in [1.165, 1.54) is 10.9 Å². The van der Waals surface area contributed by atoms with Gasteiger partial charge in [-0.15, -0.1) is 0 Å². The predicted octanol–water partition coefficient (Wildman–Crippen LogP) is 2.31. The highest BCUT2D eigenvalue weighted by molar-refractivity contribution is 6.31. The molecule has 0 aliphatic heterocycles. The van der Waals surface area contributed by atoms with E-state index < -0.39 is 12.2 Å². The third-order valence-corrected chi connectivity index (χ3v) is 2.89. The molecule has 1 aromatic heterocycles. The fourth-order valence-electron chi connectivity index (χ4n) is 1.70. The zero-order chi connectivity index (χ0) is 14.6. The van der Waals surface area contributed by atoms with Crippen molar-refractivity contribution in [1.29, 1.82) is 0 Å². The lowest BCUT2D eigenvalue weighted by molar-refractivity contribution is -0.159. The van der Waals surface area contributed by atoms with Crippen LogP contribution in [-0.2, 0) is 6.54 Å². The first kappa shape index (κ1) is 16.3. The third kappa shape index (κ3) is 4.36. The van der Waals surface area contributed by atoms with E-state index >= 15 is 0 Å². The molecule has 1 N–H and O–H groups in total. The summed E-state index contributed by atoms with van der Waals surface area (Å²) in [4.78, 5) is 1.87. The summed E-state index contributed by atoms with van der Waals surface area (Å²) in [5.74, 6) is 0. The summed E-state index contributed by atoms with van der Waals surface area (Å²) in [6.45, 7) is 2.75. The fraction of sp³-hybridized carbons (Fsp3) is 0.727. The lowest BCUT2D eigenvalue weighted by Gasteiger charge is -2.23. The molecule has 4 nitrogen and oxygen atoms in total. The smallest absolute Gasteiger partial charge is 0.308 e. The van der Waals surface area contributed by atoms with E-state index in [1.54, 1.807) is 6.92 Å². The maximum atomic E-state index is 13.1. The lowest BCUT2D eigenvalue weighted by atomic mass is 10.2. The van der Waals surface area contributed by atoms with Gasteiger partial charge in [0, 0.05) is 6.54 Å². The van der Waals surface area contributed by atoms with Crippen LogP contribution >= 0.6 is 11.6 Å². The number of nitrogens with zero attached hydrogens (tertiary/aromatic N) is 3. The van der Waals surface area contributed by atoms with E-state index in [0.29, 0.717) is 13.1 Å². The first-order valence-corrected chi connectivity index (χ1v) is 6.31. The molecular weight excluding hydrogens is 281 g/mol. The SMILES string of the molecule is CCNC(c1c(Cl)cnn1CCN(C)C)C(F)(F)F. The molecule has 0 radical (unpaired) electrons. The standard InChI is InChI=1S/C11H18ClF3N4/c1-4-16-10(11(13,14)15)9-8(12)7-17-19(9)6-5-18(2)3/h7,10,16H,4-6H2,1-3H3. The maximum Gasteiger partial charge on any atom is 0.409 e. The monoisotopic (exact) mass is 298 g/mol. The molecule has 19 heavy (non-hydrogen) atoms. The van der Waals surface area contributed by atoms with E-state index in [9.17, 15) is 13.2 Å². The Hall–Kier alpha value is -0.790. The van der Waals surface area contributed by atoms with Gasteiger partial charge < -0.3 is 10.2 Å². The molecule has 0 bridgehead atoms. The largest absolute Gasteiger partial charge is 0.409 e. The Morgan fingerprint density at radius 1 is 1.47 bits per heavy atom. The summed E-state index contributed by atoms with van der Waals surface area (Å²) in [5.41, 5.74) is -0.0298. The van der Waals surface area contributed by atoms with Gasteiger partial charge in [-0.05, 0) is 20.6 Å². The van der Waals surface area contributed by atoms with Crippen molar-refractivity contribution in [2.24, 2.45) is 0 Å². The summed E-state index contributed by atoms with van der Waals surface area (Å²) < 4.78 is 40.5. The van der Waals surface area contributed by atoms with Gasteiger partial charge in [0.05, 0.1) is 23.5 Å². The molecule has 1 heterocycles. The molecule has 0 aliphatic rings. The minimum atomic E-state index is -4.41. The van der Waals surface area contributed by atoms with Crippen LogP contribution in [0.25, 0.3) is 0 Å². The highest BCUT2D eigenvalue weighted by atomic mass is 35.5. The summed E-state index contributed by atoms with van der Waals surface area (Å²) >= 11 is 5.86. The van der Waals surface area contributed by atoms with Crippen molar-refractivity contribution in [3.63, 3.8) is 0 Å². The molecule has 0 spiro atoms. The zero-order valence-corrected chi connectivity index (χ0v) is 11.9. The summed E-state index contributed by atoms with van der Waals surface area (Å²) in [7, 11) is 3.69. The van der Waals surface area contributed by atoms with Crippen LogP contribution in [0.3, 0.4) is 0 Å². The van der Waals surface area contributed by atoms with E-state index in [-0.39, 0.29) is 17.3 Å². The highest BCUT2D eigenvalue weighted by Crippen LogP contribution is 2.35. The van der Waals surface area contributed by atoms with Crippen molar-refractivity contribution in [2.75, 3.05) is 27.2 Å². The Morgan fingerprint density at radius 2 is 2.11 bits per heavy atom. The Morgan fingerprint density at radius 3 is 2.58 bits per heavy atom. The molecule has 1 unspecified atom stereocenters. The van der Waals surface area contributed by atoms with Crippen molar-refractivity contribution >= 4 is 11.6 Å². The molecule has 1 rings (SSSR count). The number of rotatable bonds is 6. The van der Waals surface area contributed by atoms with Gasteiger partial charge in [-0.2, -0.15) is 18.3 Å². The van der Waals surface area contributed by atoms with Crippen LogP contribution in [0, 0.1) is 0 Å². The van der Waals surface area contributed by atoms with Crippen molar-refractivity contribution in [3.8, 4) is 0 Å². The van der Waals surface area contributed by atoms with Crippen molar-refractivity contribution in [2.45, 2.75) is 25.7 Å². The molecule has 0 aliphatic carbocycles. The Labute approximate surface area is 115 Å². The summed E-state index contributed by atoms with van der Waals surface area (Å²) in [5, 5.41) is 6.36. The van der Waals surface area contributed by atoms with Crippen molar-refractivity contribution in [1.82, 2.24) is 20.0 Å². The number of likely N-dealkylation sites (N-methyl/N-ethyl adjacent to an activating group) is 1. The van der Waals surface area contributed by atoms with E-state index in [1.807, 2.05) is 19.0 Å². The van der Waals surface area contributed by atoms with Gasteiger partial charge in [0.2, 0.25) is 0 Å². The summed E-state index contributed by atoms with van der Waals surface area (Å²) in [6, 6.07) is -1.80. The fourth-order valence-corrected chi connectivity index (χ4v) is 1.95. The Kier molecular flexibility index (Phi) is 5.64. The second-order valence-electron chi connectivity index (χ2n) is 4.44. The van der Waals surface area contributed by atoms with Crippen LogP contribution in [-0.4, -0.2) is 48.0 Å². The number of nitrogens with one attached hydrogen (secondary N) is 1. The Balaban J connectivity index is 3.04. The number of halogens is 4. The van der Waals surface area contributed by atoms with Gasteiger partial charge in [-0.25, -0.2) is 0 Å². The average Bonchev–Trinajstić information content (AvgIpc) is 2.63. The van der Waals surface area contributed by atoms with Gasteiger partial charge >= 0.3 is 6.18 Å². The van der Waals surface area contributed by atoms with Gasteiger partial charge in [-0.3, -0.25) is 4.68 Å². The minimum Gasteiger partial charge on any atom is -0.308 e. The van der Waals surface area contributed by atoms with Gasteiger partial charge in [-0.1, -0.05) is 18.5 Å². The average molecular weight is 299 g/mol. The van der Waals surface area contributed by atoms with Gasteiger partial charge in [0.1, 0.15) is 6.04 Å². The van der Waals surface area contributed by atoms with E-state index in [2.05, 4.69) is 10.4 Å². The second kappa shape index (κ2) is 6.58. The van der Waals surface area contributed by atoms with Gasteiger partial charge in [0.15, 0.2) is 0 Å². The molecule has 0 saturated carbocycles. The van der Waals surface area contributed by atoms with Crippen LogP contribution in [0.2, 0.25) is 5.02 Å². The first-order valence-electron chi connectivity index (χ1n) is 5.93. The number of hydrogen-bond donors (Lipinski definition) is 1. The normalized spacial score (nSPS) is 14.1. The lowest BCUT2D eigenvalue weighted by Crippen LogP contribution is -2.36. The summed E-state index contributed by atoms with van der Waals surface area (Å²) in [6.07, 6.45) is -3.15. The van der Waals surface area contributed by atoms with Crippen molar-refractivity contribution < 1.29 is 13.2 Å². The zero-order valence-electron chi connectivity index (χ0n) is 11.1. The third-order valence-electron chi connectivity index (χ3n) is 2.60. The van der Waals surface area contributed by atoms with Crippen LogP contribution < -0.4 is 5.32 Å². The van der Waals surface area contributed by atoms with Gasteiger partial charge in [0.25, 0.3) is 0 Å². The Bertz CT molecular complexity index is 403. The molecule has 8 heteroatoms. The number of alkyl halides is 3. The second-order valence-corrected chi connectivity index (χ2v) is 4.84. The molecule has 0 saturated heterocycles. The molecule has 110 valence electrons. The first-order chi connectivity index (χ1) is 8.77. The number of hydrogen-bond acceptors (Lipinski definition) is 3. The molecule has 0 fully saturated rings. The maximum absolute atomic E-state index is 13.1. The van der Waals surface area contributed by atoms with Crippen LogP contribution in [0.4, 0.5) is 13.2 Å². The van der Waals surface area contributed by atoms with Crippen LogP contribution in [0.5, 0.6) is 0 Å². The van der Waals surface area contributed by atoms with Crippen LogP contribution in [0.15, 0.2) is 6.20 Å². The van der Waals surface area contributed by atoms with E-state index in [0.717, 1.165) is 0 Å². The predicted molar refractivity (Wildman–Crippen MR) is 68.3 cm³/mol. The molecule has 1 atom stereocenters. The van der Waals surface area contributed by atoms with E-state index in [4.69, 9.17) is 11.6 Å². The quantitative estimate of drug-likeness (QED) is 0.875. The van der Waals surface area contributed by atoms with Crippen molar-refractivity contribution in [3.05, 3.63) is 16.9 Å². The molecule has 0 aromatic carbocycles. The molecule has 0 amide bonds. The topological polar surface area (TPSA) is 33.1 Å². The minimum absolute atomic E-state index is 0.0297. The molecular formula is C11H18ClF3N4.